The number of aliphatic imine (C=N–C) groups is 1. The largest absolute Gasteiger partial charge is 0.369 e. The molecule has 1 aliphatic heterocycles. The van der Waals surface area contributed by atoms with Gasteiger partial charge in [0.15, 0.2) is 11.5 Å². The maximum absolute atomic E-state index is 13.3. The fourth-order valence-electron chi connectivity index (χ4n) is 4.39. The van der Waals surface area contributed by atoms with E-state index in [-0.39, 0.29) is 11.3 Å². The van der Waals surface area contributed by atoms with Crippen LogP contribution >= 0.6 is 0 Å². The summed E-state index contributed by atoms with van der Waals surface area (Å²) >= 11 is 0. The van der Waals surface area contributed by atoms with Gasteiger partial charge in [-0.1, -0.05) is 55.8 Å². The fraction of sp³-hybridized carbons (Fsp3) is 0.364. The van der Waals surface area contributed by atoms with Crippen molar-refractivity contribution in [3.63, 3.8) is 0 Å². The summed E-state index contributed by atoms with van der Waals surface area (Å²) in [5, 5.41) is 0. The number of likely N-dealkylation sites (N-methyl/N-ethyl adjacent to an activating group) is 1. The number of carbonyl (C=O) groups is 1. The van der Waals surface area contributed by atoms with Gasteiger partial charge in [-0.2, -0.15) is 0 Å². The quantitative estimate of drug-likeness (QED) is 0.856. The molecule has 26 heavy (non-hydrogen) atoms. The molecule has 2 aliphatic rings. The lowest BCUT2D eigenvalue weighted by atomic mass is 9.60. The van der Waals surface area contributed by atoms with E-state index >= 15 is 0 Å². The first-order valence-corrected chi connectivity index (χ1v) is 9.10. The highest BCUT2D eigenvalue weighted by atomic mass is 16.2. The van der Waals surface area contributed by atoms with Crippen molar-refractivity contribution in [3.8, 4) is 11.1 Å². The number of nitrogens with zero attached hydrogens (tertiary/aromatic N) is 2. The first-order chi connectivity index (χ1) is 12.3. The number of benzene rings is 2. The Morgan fingerprint density at radius 2 is 1.85 bits per heavy atom. The van der Waals surface area contributed by atoms with Crippen molar-refractivity contribution in [1.82, 2.24) is 4.90 Å². The molecule has 0 aromatic heterocycles. The molecule has 0 saturated carbocycles. The van der Waals surface area contributed by atoms with E-state index in [4.69, 9.17) is 10.7 Å². The zero-order valence-electron chi connectivity index (χ0n) is 15.8. The molecule has 1 spiro atoms. The Labute approximate surface area is 154 Å². The van der Waals surface area contributed by atoms with Crippen LogP contribution in [0.15, 0.2) is 47.5 Å². The van der Waals surface area contributed by atoms with E-state index in [1.165, 1.54) is 16.0 Å². The highest BCUT2D eigenvalue weighted by Gasteiger charge is 2.59. The van der Waals surface area contributed by atoms with Gasteiger partial charge in [-0.25, -0.2) is 4.99 Å². The lowest BCUT2D eigenvalue weighted by Gasteiger charge is -2.45. The SMILES string of the molecule is Cc1cccc(-c2ccc3c(c2)C2(N=C(N)N(C)C2=O)C(C)(C)CC3)c1. The van der Waals surface area contributed by atoms with Crippen LogP contribution in [0.25, 0.3) is 11.1 Å². The third kappa shape index (κ3) is 2.14. The van der Waals surface area contributed by atoms with Crippen LogP contribution in [-0.4, -0.2) is 23.8 Å². The van der Waals surface area contributed by atoms with Gasteiger partial charge in [0.1, 0.15) is 0 Å². The zero-order valence-corrected chi connectivity index (χ0v) is 15.8. The molecule has 2 aromatic rings. The molecule has 134 valence electrons. The van der Waals surface area contributed by atoms with Crippen LogP contribution in [0.5, 0.6) is 0 Å². The molecule has 2 N–H and O–H groups in total. The van der Waals surface area contributed by atoms with E-state index < -0.39 is 5.54 Å². The first kappa shape index (κ1) is 16.8. The van der Waals surface area contributed by atoms with Crippen LogP contribution in [0.1, 0.15) is 37.0 Å². The van der Waals surface area contributed by atoms with Crippen LogP contribution in [0.2, 0.25) is 0 Å². The van der Waals surface area contributed by atoms with Crippen molar-refractivity contribution in [2.75, 3.05) is 7.05 Å². The standard InChI is InChI=1S/C22H25N3O/c1-14-6-5-7-16(12-14)17-9-8-15-10-11-21(2,3)22(18(15)13-17)19(26)25(4)20(23)24-22/h5-9,12-13H,10-11H2,1-4H3,(H2,23,24). The van der Waals surface area contributed by atoms with Crippen molar-refractivity contribution in [2.45, 2.75) is 39.2 Å². The van der Waals surface area contributed by atoms with Gasteiger partial charge >= 0.3 is 0 Å². The number of guanidine groups is 1. The Hall–Kier alpha value is -2.62. The van der Waals surface area contributed by atoms with Gasteiger partial charge in [0.05, 0.1) is 0 Å². The summed E-state index contributed by atoms with van der Waals surface area (Å²) in [5.41, 5.74) is 10.5. The summed E-state index contributed by atoms with van der Waals surface area (Å²) in [6, 6.07) is 14.9. The van der Waals surface area contributed by atoms with Gasteiger partial charge in [-0.05, 0) is 48.1 Å². The zero-order chi connectivity index (χ0) is 18.7. The Kier molecular flexibility index (Phi) is 3.52. The van der Waals surface area contributed by atoms with E-state index in [2.05, 4.69) is 63.2 Å². The molecule has 0 saturated heterocycles. The minimum Gasteiger partial charge on any atom is -0.369 e. The smallest absolute Gasteiger partial charge is 0.262 e. The van der Waals surface area contributed by atoms with E-state index in [0.29, 0.717) is 5.96 Å². The topological polar surface area (TPSA) is 58.7 Å². The number of hydrogen-bond acceptors (Lipinski definition) is 3. The minimum atomic E-state index is -0.931. The molecule has 1 atom stereocenters. The predicted octanol–water partition coefficient (Wildman–Crippen LogP) is 3.62. The second-order valence-corrected chi connectivity index (χ2v) is 8.17. The third-order valence-corrected chi connectivity index (χ3v) is 6.09. The molecule has 4 heteroatoms. The van der Waals surface area contributed by atoms with E-state index in [9.17, 15) is 4.79 Å². The molecule has 0 bridgehead atoms. The fourth-order valence-corrected chi connectivity index (χ4v) is 4.39. The Morgan fingerprint density at radius 3 is 2.50 bits per heavy atom. The maximum atomic E-state index is 13.3. The minimum absolute atomic E-state index is 0.0256. The molecule has 1 aliphatic carbocycles. The Balaban J connectivity index is 1.96. The van der Waals surface area contributed by atoms with Crippen molar-refractivity contribution in [2.24, 2.45) is 16.1 Å². The predicted molar refractivity (Wildman–Crippen MR) is 105 cm³/mol. The van der Waals surface area contributed by atoms with Gasteiger partial charge in [0, 0.05) is 12.5 Å². The number of amides is 1. The molecule has 1 heterocycles. The maximum Gasteiger partial charge on any atom is 0.262 e. The monoisotopic (exact) mass is 347 g/mol. The van der Waals surface area contributed by atoms with Crippen molar-refractivity contribution < 1.29 is 4.79 Å². The van der Waals surface area contributed by atoms with E-state index in [1.54, 1.807) is 7.05 Å². The highest BCUT2D eigenvalue weighted by Crippen LogP contribution is 2.54. The molecule has 0 fully saturated rings. The molecule has 1 unspecified atom stereocenters. The van der Waals surface area contributed by atoms with Crippen molar-refractivity contribution >= 4 is 11.9 Å². The molecule has 0 radical (unpaired) electrons. The second-order valence-electron chi connectivity index (χ2n) is 8.17. The number of rotatable bonds is 1. The van der Waals surface area contributed by atoms with Crippen molar-refractivity contribution in [3.05, 3.63) is 59.2 Å². The number of carbonyl (C=O) groups excluding carboxylic acids is 1. The van der Waals surface area contributed by atoms with E-state index in [1.807, 2.05) is 0 Å². The van der Waals surface area contributed by atoms with Crippen molar-refractivity contribution in [1.29, 1.82) is 0 Å². The van der Waals surface area contributed by atoms with Crippen LogP contribution in [0.4, 0.5) is 0 Å². The summed E-state index contributed by atoms with van der Waals surface area (Å²) < 4.78 is 0. The van der Waals surface area contributed by atoms with Crippen LogP contribution in [0, 0.1) is 12.3 Å². The molecular formula is C22H25N3O. The summed E-state index contributed by atoms with van der Waals surface area (Å²) in [6.07, 6.45) is 1.85. The molecule has 4 nitrogen and oxygen atoms in total. The lowest BCUT2D eigenvalue weighted by Crippen LogP contribution is -2.51. The van der Waals surface area contributed by atoms with Gasteiger partial charge in [0.2, 0.25) is 0 Å². The van der Waals surface area contributed by atoms with Crippen LogP contribution in [0.3, 0.4) is 0 Å². The Morgan fingerprint density at radius 1 is 1.12 bits per heavy atom. The summed E-state index contributed by atoms with van der Waals surface area (Å²) in [5.74, 6) is 0.277. The molecule has 4 rings (SSSR count). The third-order valence-electron chi connectivity index (χ3n) is 6.09. The Bertz CT molecular complexity index is 944. The van der Waals surface area contributed by atoms with Crippen LogP contribution in [-0.2, 0) is 16.8 Å². The van der Waals surface area contributed by atoms with Gasteiger partial charge in [-0.3, -0.25) is 9.69 Å². The summed E-state index contributed by atoms with van der Waals surface area (Å²) in [4.78, 5) is 19.6. The second kappa shape index (κ2) is 5.44. The van der Waals surface area contributed by atoms with Gasteiger partial charge in [-0.15, -0.1) is 0 Å². The molecular weight excluding hydrogens is 322 g/mol. The number of hydrogen-bond donors (Lipinski definition) is 1. The average Bonchev–Trinajstić information content (AvgIpc) is 2.84. The first-order valence-electron chi connectivity index (χ1n) is 9.10. The normalized spacial score (nSPS) is 23.9. The van der Waals surface area contributed by atoms with Gasteiger partial charge < -0.3 is 5.73 Å². The van der Waals surface area contributed by atoms with Crippen LogP contribution < -0.4 is 5.73 Å². The molecule has 1 amide bonds. The summed E-state index contributed by atoms with van der Waals surface area (Å²) in [7, 11) is 1.71. The molecule has 2 aromatic carbocycles. The number of fused-ring (bicyclic) bond motifs is 2. The summed E-state index contributed by atoms with van der Waals surface area (Å²) in [6.45, 7) is 6.35. The average molecular weight is 347 g/mol. The van der Waals surface area contributed by atoms with E-state index in [0.717, 1.165) is 29.5 Å². The number of aryl methyl sites for hydroxylation is 2. The number of nitrogens with two attached hydrogens (primary N) is 1. The lowest BCUT2D eigenvalue weighted by molar-refractivity contribution is -0.135. The highest BCUT2D eigenvalue weighted by molar-refractivity contribution is 6.07. The van der Waals surface area contributed by atoms with Gasteiger partial charge in [0.25, 0.3) is 5.91 Å².